The third-order valence-corrected chi connectivity index (χ3v) is 3.29. The summed E-state index contributed by atoms with van der Waals surface area (Å²) in [4.78, 5) is 8.78. The second-order valence-electron chi connectivity index (χ2n) is 4.18. The normalized spacial score (nSPS) is 11.2. The van der Waals surface area contributed by atoms with Crippen molar-refractivity contribution in [1.82, 2.24) is 9.97 Å². The fourth-order valence-electron chi connectivity index (χ4n) is 1.84. The van der Waals surface area contributed by atoms with Crippen LogP contribution in [0.3, 0.4) is 0 Å². The van der Waals surface area contributed by atoms with Crippen molar-refractivity contribution in [2.24, 2.45) is 0 Å². The first-order chi connectivity index (χ1) is 9.31. The Bertz CT molecular complexity index is 733. The van der Waals surface area contributed by atoms with Crippen LogP contribution in [-0.2, 0) is 0 Å². The molecule has 3 aromatic rings. The van der Waals surface area contributed by atoms with E-state index in [-0.39, 0.29) is 0 Å². The molecule has 0 atom stereocenters. The van der Waals surface area contributed by atoms with Crippen molar-refractivity contribution in [3.63, 3.8) is 0 Å². The predicted octanol–water partition coefficient (Wildman–Crippen LogP) is 4.56. The van der Waals surface area contributed by atoms with Crippen LogP contribution in [0.1, 0.15) is 11.3 Å². The van der Waals surface area contributed by atoms with Gasteiger partial charge >= 0.3 is 0 Å². The highest BCUT2D eigenvalue weighted by atomic mass is 79.9. The lowest BCUT2D eigenvalue weighted by molar-refractivity contribution is 1.27. The van der Waals surface area contributed by atoms with Crippen LogP contribution in [0.4, 0.5) is 0 Å². The van der Waals surface area contributed by atoms with E-state index in [1.165, 1.54) is 0 Å². The van der Waals surface area contributed by atoms with Crippen LogP contribution in [0.5, 0.6) is 0 Å². The largest absolute Gasteiger partial charge is 0.249 e. The van der Waals surface area contributed by atoms with Gasteiger partial charge in [-0.15, -0.1) is 0 Å². The van der Waals surface area contributed by atoms with Crippen LogP contribution in [0.25, 0.3) is 23.1 Å². The van der Waals surface area contributed by atoms with Gasteiger partial charge in [0.1, 0.15) is 4.60 Å². The zero-order valence-electron chi connectivity index (χ0n) is 10.1. The molecule has 0 saturated carbocycles. The third kappa shape index (κ3) is 2.88. The van der Waals surface area contributed by atoms with Crippen molar-refractivity contribution in [3.8, 4) is 0 Å². The molecule has 0 aliphatic heterocycles. The van der Waals surface area contributed by atoms with E-state index in [1.807, 2.05) is 54.7 Å². The van der Waals surface area contributed by atoms with Crippen LogP contribution in [0.2, 0.25) is 0 Å². The standard InChI is InChI=1S/C16H11BrN2/c17-16-10-6-12(11-18-16)5-8-14-9-7-13-3-1-2-4-15(13)19-14/h1-11H/b8-5+. The summed E-state index contributed by atoms with van der Waals surface area (Å²) in [6.45, 7) is 0. The molecule has 0 saturated heterocycles. The van der Waals surface area contributed by atoms with Gasteiger partial charge in [0.25, 0.3) is 0 Å². The summed E-state index contributed by atoms with van der Waals surface area (Å²) >= 11 is 3.32. The molecule has 3 rings (SSSR count). The van der Waals surface area contributed by atoms with Gasteiger partial charge in [0.05, 0.1) is 11.2 Å². The molecule has 0 unspecified atom stereocenters. The molecule has 2 heterocycles. The molecule has 0 amide bonds. The van der Waals surface area contributed by atoms with Crippen molar-refractivity contribution in [2.45, 2.75) is 0 Å². The summed E-state index contributed by atoms with van der Waals surface area (Å²) in [7, 11) is 0. The number of nitrogens with zero attached hydrogens (tertiary/aromatic N) is 2. The first-order valence-electron chi connectivity index (χ1n) is 5.97. The highest BCUT2D eigenvalue weighted by Crippen LogP contribution is 2.14. The maximum absolute atomic E-state index is 4.59. The zero-order valence-corrected chi connectivity index (χ0v) is 11.7. The van der Waals surface area contributed by atoms with Crippen LogP contribution in [-0.4, -0.2) is 9.97 Å². The molecule has 3 heteroatoms. The lowest BCUT2D eigenvalue weighted by atomic mass is 10.2. The first-order valence-corrected chi connectivity index (χ1v) is 6.76. The summed E-state index contributed by atoms with van der Waals surface area (Å²) in [5.41, 5.74) is 3.01. The molecular formula is C16H11BrN2. The van der Waals surface area contributed by atoms with Crippen molar-refractivity contribution in [2.75, 3.05) is 0 Å². The molecule has 0 radical (unpaired) electrons. The van der Waals surface area contributed by atoms with Gasteiger partial charge in [0.15, 0.2) is 0 Å². The average Bonchev–Trinajstić information content (AvgIpc) is 2.46. The molecule has 0 N–H and O–H groups in total. The minimum Gasteiger partial charge on any atom is -0.249 e. The fraction of sp³-hybridized carbons (Fsp3) is 0. The molecule has 2 aromatic heterocycles. The highest BCUT2D eigenvalue weighted by molar-refractivity contribution is 9.10. The Balaban J connectivity index is 1.90. The molecule has 0 spiro atoms. The van der Waals surface area contributed by atoms with Gasteiger partial charge in [0, 0.05) is 11.6 Å². The molecule has 1 aromatic carbocycles. The van der Waals surface area contributed by atoms with Gasteiger partial charge in [-0.3, -0.25) is 0 Å². The van der Waals surface area contributed by atoms with Crippen LogP contribution in [0, 0.1) is 0 Å². The van der Waals surface area contributed by atoms with Gasteiger partial charge < -0.3 is 0 Å². The van der Waals surface area contributed by atoms with E-state index in [4.69, 9.17) is 0 Å². The van der Waals surface area contributed by atoms with E-state index >= 15 is 0 Å². The highest BCUT2D eigenvalue weighted by Gasteiger charge is 1.95. The Hall–Kier alpha value is -2.00. The number of pyridine rings is 2. The van der Waals surface area contributed by atoms with E-state index in [0.717, 1.165) is 26.8 Å². The molecule has 2 nitrogen and oxygen atoms in total. The first kappa shape index (κ1) is 12.1. The summed E-state index contributed by atoms with van der Waals surface area (Å²) in [6.07, 6.45) is 5.83. The molecule has 0 fully saturated rings. The lowest BCUT2D eigenvalue weighted by Gasteiger charge is -1.98. The van der Waals surface area contributed by atoms with Crippen molar-refractivity contribution >= 4 is 39.0 Å². The van der Waals surface area contributed by atoms with Crippen molar-refractivity contribution in [1.29, 1.82) is 0 Å². The number of hydrogen-bond donors (Lipinski definition) is 0. The maximum atomic E-state index is 4.59. The van der Waals surface area contributed by atoms with Crippen molar-refractivity contribution in [3.05, 3.63) is 70.6 Å². The Morgan fingerprint density at radius 2 is 1.79 bits per heavy atom. The second-order valence-corrected chi connectivity index (χ2v) is 4.99. The molecule has 0 aliphatic carbocycles. The van der Waals surface area contributed by atoms with Crippen molar-refractivity contribution < 1.29 is 0 Å². The van der Waals surface area contributed by atoms with E-state index in [9.17, 15) is 0 Å². The molecule has 0 bridgehead atoms. The minimum absolute atomic E-state index is 0.841. The second kappa shape index (κ2) is 5.33. The SMILES string of the molecule is Brc1ccc(/C=C/c2ccc3ccccc3n2)cn1. The number of hydrogen-bond acceptors (Lipinski definition) is 2. The smallest absolute Gasteiger partial charge is 0.106 e. The minimum atomic E-state index is 0.841. The van der Waals surface area contributed by atoms with Crippen LogP contribution in [0.15, 0.2) is 59.3 Å². The number of para-hydroxylation sites is 1. The van der Waals surface area contributed by atoms with E-state index in [2.05, 4.69) is 38.0 Å². The number of benzene rings is 1. The van der Waals surface area contributed by atoms with Gasteiger partial charge in [-0.2, -0.15) is 0 Å². The molecule has 92 valence electrons. The van der Waals surface area contributed by atoms with Gasteiger partial charge in [-0.25, -0.2) is 9.97 Å². The topological polar surface area (TPSA) is 25.8 Å². The van der Waals surface area contributed by atoms with Gasteiger partial charge in [-0.05, 0) is 45.8 Å². The molecule has 0 aliphatic rings. The maximum Gasteiger partial charge on any atom is 0.106 e. The summed E-state index contributed by atoms with van der Waals surface area (Å²) in [5.74, 6) is 0. The Morgan fingerprint density at radius 1 is 0.895 bits per heavy atom. The third-order valence-electron chi connectivity index (χ3n) is 2.82. The van der Waals surface area contributed by atoms with E-state index in [0.29, 0.717) is 0 Å². The van der Waals surface area contributed by atoms with E-state index < -0.39 is 0 Å². The monoisotopic (exact) mass is 310 g/mol. The predicted molar refractivity (Wildman–Crippen MR) is 82.6 cm³/mol. The Kier molecular flexibility index (Phi) is 3.38. The number of halogens is 1. The quantitative estimate of drug-likeness (QED) is 0.648. The van der Waals surface area contributed by atoms with E-state index in [1.54, 1.807) is 0 Å². The summed E-state index contributed by atoms with van der Waals surface area (Å²) in [6, 6.07) is 16.1. The average molecular weight is 311 g/mol. The number of rotatable bonds is 2. The Morgan fingerprint density at radius 3 is 2.63 bits per heavy atom. The number of fused-ring (bicyclic) bond motifs is 1. The van der Waals surface area contributed by atoms with Crippen LogP contribution >= 0.6 is 15.9 Å². The lowest BCUT2D eigenvalue weighted by Crippen LogP contribution is -1.82. The van der Waals surface area contributed by atoms with Gasteiger partial charge in [-0.1, -0.05) is 36.4 Å². The molecule has 19 heavy (non-hydrogen) atoms. The zero-order chi connectivity index (χ0) is 13.1. The number of aromatic nitrogens is 2. The Labute approximate surface area is 120 Å². The summed E-state index contributed by atoms with van der Waals surface area (Å²) in [5, 5.41) is 1.16. The fourth-order valence-corrected chi connectivity index (χ4v) is 2.08. The van der Waals surface area contributed by atoms with Crippen LogP contribution < -0.4 is 0 Å². The summed E-state index contributed by atoms with van der Waals surface area (Å²) < 4.78 is 0.841. The van der Waals surface area contributed by atoms with Gasteiger partial charge in [0.2, 0.25) is 0 Å². The molecular weight excluding hydrogens is 300 g/mol.